The molecule has 2 atom stereocenters. The highest BCUT2D eigenvalue weighted by Crippen LogP contribution is 2.32. The zero-order valence-electron chi connectivity index (χ0n) is 20.1. The van der Waals surface area contributed by atoms with Crippen LogP contribution in [0.2, 0.25) is 0 Å². The Balaban J connectivity index is 1.37. The number of benzene rings is 1. The summed E-state index contributed by atoms with van der Waals surface area (Å²) in [6, 6.07) is 4.70. The van der Waals surface area contributed by atoms with E-state index in [-0.39, 0.29) is 36.1 Å². The lowest BCUT2D eigenvalue weighted by molar-refractivity contribution is -0.137. The van der Waals surface area contributed by atoms with E-state index in [1.807, 2.05) is 17.8 Å². The molecule has 9 nitrogen and oxygen atoms in total. The number of nitrogens with one attached hydrogen (secondary N) is 2. The Kier molecular flexibility index (Phi) is 8.02. The molecule has 3 heterocycles. The molecule has 0 radical (unpaired) electrons. The third kappa shape index (κ3) is 6.68. The maximum Gasteiger partial charge on any atom is 0.416 e. The van der Waals surface area contributed by atoms with Crippen molar-refractivity contribution in [1.29, 1.82) is 0 Å². The molecule has 196 valence electrons. The highest BCUT2D eigenvalue weighted by molar-refractivity contribution is 5.79. The third-order valence-corrected chi connectivity index (χ3v) is 6.54. The molecule has 0 bridgehead atoms. The second-order valence-electron chi connectivity index (χ2n) is 9.29. The number of likely N-dealkylation sites (tertiary alicyclic amines) is 1. The molecule has 0 saturated carbocycles. The van der Waals surface area contributed by atoms with Gasteiger partial charge in [-0.3, -0.25) is 9.69 Å². The van der Waals surface area contributed by atoms with E-state index in [1.165, 1.54) is 12.1 Å². The Morgan fingerprint density at radius 3 is 2.83 bits per heavy atom. The molecule has 1 aromatic heterocycles. The smallest absolute Gasteiger partial charge is 0.416 e. The van der Waals surface area contributed by atoms with Crippen LogP contribution in [0, 0.1) is 11.8 Å². The van der Waals surface area contributed by atoms with Crippen molar-refractivity contribution in [2.75, 3.05) is 45.9 Å². The van der Waals surface area contributed by atoms with E-state index in [4.69, 9.17) is 4.74 Å². The summed E-state index contributed by atoms with van der Waals surface area (Å²) in [4.78, 5) is 32.8. The van der Waals surface area contributed by atoms with Gasteiger partial charge in [0, 0.05) is 64.6 Å². The second kappa shape index (κ2) is 11.2. The van der Waals surface area contributed by atoms with Gasteiger partial charge in [0.2, 0.25) is 5.91 Å². The monoisotopic (exact) mass is 508 g/mol. The predicted octanol–water partition coefficient (Wildman–Crippen LogP) is 2.10. The molecule has 2 aliphatic heterocycles. The second-order valence-corrected chi connectivity index (χ2v) is 9.29. The number of hydrogen-bond donors (Lipinski definition) is 2. The first-order valence-corrected chi connectivity index (χ1v) is 12.0. The van der Waals surface area contributed by atoms with E-state index in [0.717, 1.165) is 18.0 Å². The summed E-state index contributed by atoms with van der Waals surface area (Å²) >= 11 is 0. The van der Waals surface area contributed by atoms with Crippen LogP contribution >= 0.6 is 0 Å². The summed E-state index contributed by atoms with van der Waals surface area (Å²) in [5.74, 6) is 0.517. The number of imidazole rings is 1. The predicted molar refractivity (Wildman–Crippen MR) is 125 cm³/mol. The maximum absolute atomic E-state index is 13.0. The van der Waals surface area contributed by atoms with Gasteiger partial charge >= 0.3 is 12.2 Å². The van der Waals surface area contributed by atoms with Crippen molar-refractivity contribution < 1.29 is 27.5 Å². The Bertz CT molecular complexity index is 1060. The molecular weight excluding hydrogens is 477 g/mol. The number of piperidine rings is 1. The van der Waals surface area contributed by atoms with Gasteiger partial charge in [-0.2, -0.15) is 13.2 Å². The van der Waals surface area contributed by atoms with E-state index in [2.05, 4.69) is 20.5 Å². The fraction of sp³-hybridized carbons (Fsp3) is 0.542. The topological polar surface area (TPSA) is 91.7 Å². The van der Waals surface area contributed by atoms with Crippen LogP contribution in [-0.4, -0.2) is 77.2 Å². The van der Waals surface area contributed by atoms with Crippen molar-refractivity contribution in [3.63, 3.8) is 0 Å². The fourth-order valence-electron chi connectivity index (χ4n) is 4.65. The minimum absolute atomic E-state index is 0.0614. The first kappa shape index (κ1) is 25.8. The molecule has 2 aliphatic rings. The quantitative estimate of drug-likeness (QED) is 0.542. The van der Waals surface area contributed by atoms with Crippen molar-refractivity contribution >= 4 is 11.9 Å². The minimum Gasteiger partial charge on any atom is -0.493 e. The molecule has 4 rings (SSSR count). The molecule has 2 N–H and O–H groups in total. The number of aryl methyl sites for hydroxylation is 1. The lowest BCUT2D eigenvalue weighted by Gasteiger charge is -2.37. The van der Waals surface area contributed by atoms with Crippen LogP contribution in [0.3, 0.4) is 0 Å². The summed E-state index contributed by atoms with van der Waals surface area (Å²) in [5.41, 5.74) is -0.760. The first-order valence-electron chi connectivity index (χ1n) is 12.0. The zero-order valence-corrected chi connectivity index (χ0v) is 20.1. The number of aromatic nitrogens is 2. The van der Waals surface area contributed by atoms with Crippen LogP contribution < -0.4 is 15.4 Å². The van der Waals surface area contributed by atoms with E-state index < -0.39 is 11.7 Å². The Morgan fingerprint density at radius 2 is 2.14 bits per heavy atom. The van der Waals surface area contributed by atoms with E-state index in [9.17, 15) is 22.8 Å². The standard InChI is InChI=1S/C24H31F3N6O3/c1-31-8-5-28-21(31)15-32-13-17(16-36-20-4-2-3-19(12-20)24(25,26)27)11-18(14-32)22(34)29-6-9-33-10-7-30-23(33)35/h2-5,8,12,17-18H,6-7,9-11,13-16H2,1H3,(H,29,34)(H,30,35)/t17-,18+/m0/s1. The normalized spacial score (nSPS) is 20.9. The summed E-state index contributed by atoms with van der Waals surface area (Å²) in [5, 5.41) is 5.67. The van der Waals surface area contributed by atoms with Gasteiger partial charge in [0.1, 0.15) is 11.6 Å². The minimum atomic E-state index is -4.44. The first-order chi connectivity index (χ1) is 17.2. The number of rotatable bonds is 9. The van der Waals surface area contributed by atoms with Crippen LogP contribution in [-0.2, 0) is 24.6 Å². The highest BCUT2D eigenvalue weighted by Gasteiger charge is 2.33. The number of halogens is 3. The average Bonchev–Trinajstić information content (AvgIpc) is 3.44. The summed E-state index contributed by atoms with van der Waals surface area (Å²) in [6.45, 7) is 3.90. The zero-order chi connectivity index (χ0) is 25.7. The molecule has 36 heavy (non-hydrogen) atoms. The number of amides is 3. The lowest BCUT2D eigenvalue weighted by Crippen LogP contribution is -2.48. The van der Waals surface area contributed by atoms with E-state index in [0.29, 0.717) is 52.2 Å². The van der Waals surface area contributed by atoms with Crippen LogP contribution in [0.1, 0.15) is 17.8 Å². The summed E-state index contributed by atoms with van der Waals surface area (Å²) in [6.07, 6.45) is -0.327. The summed E-state index contributed by atoms with van der Waals surface area (Å²) < 4.78 is 46.8. The number of nitrogens with zero attached hydrogens (tertiary/aromatic N) is 4. The number of alkyl halides is 3. The third-order valence-electron chi connectivity index (χ3n) is 6.54. The van der Waals surface area contributed by atoms with Crippen LogP contribution in [0.15, 0.2) is 36.7 Å². The van der Waals surface area contributed by atoms with Crippen molar-refractivity contribution in [3.8, 4) is 5.75 Å². The fourth-order valence-corrected chi connectivity index (χ4v) is 4.65. The lowest BCUT2D eigenvalue weighted by atomic mass is 9.89. The van der Waals surface area contributed by atoms with Gasteiger partial charge in [0.25, 0.3) is 0 Å². The number of urea groups is 1. The number of ether oxygens (including phenoxy) is 1. The Morgan fingerprint density at radius 1 is 1.31 bits per heavy atom. The van der Waals surface area contributed by atoms with E-state index in [1.54, 1.807) is 11.1 Å². The number of carbonyl (C=O) groups excluding carboxylic acids is 2. The molecule has 3 amide bonds. The molecule has 0 unspecified atom stereocenters. The van der Waals surface area contributed by atoms with Gasteiger partial charge in [-0.15, -0.1) is 0 Å². The molecule has 0 spiro atoms. The van der Waals surface area contributed by atoms with Crippen molar-refractivity contribution in [2.45, 2.75) is 19.1 Å². The van der Waals surface area contributed by atoms with Gasteiger partial charge < -0.3 is 24.8 Å². The maximum atomic E-state index is 13.0. The van der Waals surface area contributed by atoms with Gasteiger partial charge in [0.15, 0.2) is 0 Å². The van der Waals surface area contributed by atoms with Crippen LogP contribution in [0.5, 0.6) is 5.75 Å². The SMILES string of the molecule is Cn1ccnc1CN1C[C@@H](COc2cccc(C(F)(F)F)c2)C[C@@H](C(=O)NCCN2CCNC2=O)C1. The molecule has 0 aliphatic carbocycles. The van der Waals surface area contributed by atoms with Crippen LogP contribution in [0.4, 0.5) is 18.0 Å². The number of carbonyl (C=O) groups is 2. The molecular formula is C24H31F3N6O3. The molecule has 2 fully saturated rings. The molecule has 1 aromatic carbocycles. The van der Waals surface area contributed by atoms with E-state index >= 15 is 0 Å². The van der Waals surface area contributed by atoms with Gasteiger partial charge in [-0.25, -0.2) is 9.78 Å². The van der Waals surface area contributed by atoms with Gasteiger partial charge in [0.05, 0.1) is 24.6 Å². The van der Waals surface area contributed by atoms with Gasteiger partial charge in [-0.1, -0.05) is 6.07 Å². The van der Waals surface area contributed by atoms with Crippen molar-refractivity contribution in [1.82, 2.24) is 30.0 Å². The van der Waals surface area contributed by atoms with Gasteiger partial charge in [-0.05, 0) is 24.6 Å². The summed E-state index contributed by atoms with van der Waals surface area (Å²) in [7, 11) is 1.90. The molecule has 2 aromatic rings. The molecule has 12 heteroatoms. The largest absolute Gasteiger partial charge is 0.493 e. The number of hydrogen-bond acceptors (Lipinski definition) is 5. The highest BCUT2D eigenvalue weighted by atomic mass is 19.4. The van der Waals surface area contributed by atoms with Crippen LogP contribution in [0.25, 0.3) is 0 Å². The average molecular weight is 509 g/mol. The Labute approximate surface area is 207 Å². The van der Waals surface area contributed by atoms with Crippen molar-refractivity contribution in [2.24, 2.45) is 18.9 Å². The Hall–Kier alpha value is -3.28. The molecule has 2 saturated heterocycles. The van der Waals surface area contributed by atoms with Crippen molar-refractivity contribution in [3.05, 3.63) is 48.0 Å².